The maximum absolute atomic E-state index is 6.01. The molecular weight excluding hydrogens is 417 g/mol. The Morgan fingerprint density at radius 3 is 2.67 bits per heavy atom. The van der Waals surface area contributed by atoms with Crippen LogP contribution in [0.15, 0.2) is 23.2 Å². The molecule has 1 heterocycles. The number of fused-ring (bicyclic) bond motifs is 1. The minimum absolute atomic E-state index is 0. The maximum Gasteiger partial charge on any atom is 0.191 e. The van der Waals surface area contributed by atoms with Crippen molar-refractivity contribution in [3.8, 4) is 11.5 Å². The van der Waals surface area contributed by atoms with Gasteiger partial charge in [-0.3, -0.25) is 4.99 Å². The maximum atomic E-state index is 6.01. The molecule has 6 heteroatoms. The highest BCUT2D eigenvalue weighted by Crippen LogP contribution is 2.41. The zero-order valence-electron chi connectivity index (χ0n) is 15.5. The van der Waals surface area contributed by atoms with E-state index in [4.69, 9.17) is 9.47 Å². The highest BCUT2D eigenvalue weighted by molar-refractivity contribution is 14.0. The van der Waals surface area contributed by atoms with Crippen molar-refractivity contribution in [2.24, 2.45) is 4.99 Å². The first-order valence-electron chi connectivity index (χ1n) is 8.13. The first kappa shape index (κ1) is 20.9. The molecule has 0 spiro atoms. The standard InChI is InChI=1S/C18H29N3O2.HI/c1-17(2,3)21-16(19-6)20-10-11-22-14-9-7-8-13-12-18(4,5)23-15(13)14;/h7-9H,10-12H2,1-6H3,(H2,19,20,21);1H. The Bertz CT molecular complexity index is 580. The van der Waals surface area contributed by atoms with Crippen LogP contribution >= 0.6 is 24.0 Å². The Morgan fingerprint density at radius 1 is 1.33 bits per heavy atom. The van der Waals surface area contributed by atoms with E-state index in [-0.39, 0.29) is 35.1 Å². The highest BCUT2D eigenvalue weighted by atomic mass is 127. The predicted molar refractivity (Wildman–Crippen MR) is 110 cm³/mol. The number of halogens is 1. The number of aliphatic imine (C=N–C) groups is 1. The van der Waals surface area contributed by atoms with E-state index in [1.807, 2.05) is 12.1 Å². The predicted octanol–water partition coefficient (Wildman–Crippen LogP) is 3.36. The highest BCUT2D eigenvalue weighted by Gasteiger charge is 2.32. The summed E-state index contributed by atoms with van der Waals surface area (Å²) in [5.41, 5.74) is 1.03. The number of ether oxygens (including phenoxy) is 2. The van der Waals surface area contributed by atoms with Gasteiger partial charge in [-0.1, -0.05) is 12.1 Å². The number of nitrogens with zero attached hydrogens (tertiary/aromatic N) is 1. The summed E-state index contributed by atoms with van der Waals surface area (Å²) in [7, 11) is 1.77. The normalized spacial score (nSPS) is 15.8. The number of benzene rings is 1. The molecule has 0 atom stereocenters. The van der Waals surface area contributed by atoms with Crippen LogP contribution in [0.25, 0.3) is 0 Å². The van der Waals surface area contributed by atoms with Gasteiger partial charge in [-0.05, 0) is 40.7 Å². The summed E-state index contributed by atoms with van der Waals surface area (Å²) in [5, 5.41) is 6.57. The third-order valence-corrected chi connectivity index (χ3v) is 3.42. The molecule has 1 aromatic carbocycles. The Balaban J connectivity index is 0.00000288. The fourth-order valence-electron chi connectivity index (χ4n) is 2.57. The lowest BCUT2D eigenvalue weighted by atomic mass is 10.0. The first-order valence-corrected chi connectivity index (χ1v) is 8.13. The van der Waals surface area contributed by atoms with Crippen LogP contribution in [0.3, 0.4) is 0 Å². The molecule has 136 valence electrons. The quantitative estimate of drug-likeness (QED) is 0.322. The molecule has 0 saturated carbocycles. The van der Waals surface area contributed by atoms with Gasteiger partial charge in [0.25, 0.3) is 0 Å². The van der Waals surface area contributed by atoms with E-state index in [0.29, 0.717) is 13.2 Å². The van der Waals surface area contributed by atoms with Gasteiger partial charge in [0.05, 0.1) is 6.54 Å². The summed E-state index contributed by atoms with van der Waals surface area (Å²) in [6, 6.07) is 6.08. The molecule has 5 nitrogen and oxygen atoms in total. The van der Waals surface area contributed by atoms with E-state index in [1.165, 1.54) is 5.56 Å². The number of hydrogen-bond donors (Lipinski definition) is 2. The van der Waals surface area contributed by atoms with E-state index in [9.17, 15) is 0 Å². The lowest BCUT2D eigenvalue weighted by Crippen LogP contribution is -2.48. The molecule has 0 amide bonds. The Kier molecular flexibility index (Phi) is 7.19. The van der Waals surface area contributed by atoms with Crippen molar-refractivity contribution < 1.29 is 9.47 Å². The zero-order chi connectivity index (χ0) is 17.1. The topological polar surface area (TPSA) is 54.9 Å². The molecular formula is C18H30IN3O2. The molecule has 0 aromatic heterocycles. The van der Waals surface area contributed by atoms with Gasteiger partial charge in [-0.2, -0.15) is 0 Å². The van der Waals surface area contributed by atoms with Gasteiger partial charge in [0.1, 0.15) is 12.2 Å². The largest absolute Gasteiger partial charge is 0.488 e. The van der Waals surface area contributed by atoms with Gasteiger partial charge >= 0.3 is 0 Å². The van der Waals surface area contributed by atoms with Gasteiger partial charge in [-0.15, -0.1) is 24.0 Å². The van der Waals surface area contributed by atoms with Crippen molar-refractivity contribution in [3.05, 3.63) is 23.8 Å². The van der Waals surface area contributed by atoms with Crippen LogP contribution < -0.4 is 20.1 Å². The number of rotatable bonds is 4. The van der Waals surface area contributed by atoms with Crippen molar-refractivity contribution in [3.63, 3.8) is 0 Å². The minimum Gasteiger partial charge on any atom is -0.488 e. The molecule has 1 aliphatic heterocycles. The fourth-order valence-corrected chi connectivity index (χ4v) is 2.57. The second-order valence-corrected chi connectivity index (χ2v) is 7.51. The lowest BCUT2D eigenvalue weighted by Gasteiger charge is -2.23. The number of para-hydroxylation sites is 1. The lowest BCUT2D eigenvalue weighted by molar-refractivity contribution is 0.132. The molecule has 1 aliphatic rings. The van der Waals surface area contributed by atoms with Crippen molar-refractivity contribution in [1.29, 1.82) is 0 Å². The summed E-state index contributed by atoms with van der Waals surface area (Å²) in [6.07, 6.45) is 0.917. The summed E-state index contributed by atoms with van der Waals surface area (Å²) >= 11 is 0. The Hall–Kier alpha value is -1.18. The van der Waals surface area contributed by atoms with E-state index in [2.05, 4.69) is 56.3 Å². The summed E-state index contributed by atoms with van der Waals surface area (Å²) in [4.78, 5) is 4.21. The SMILES string of the molecule is CN=C(NCCOc1cccc2c1OC(C)(C)C2)NC(C)(C)C.I. The fraction of sp³-hybridized carbons (Fsp3) is 0.611. The smallest absolute Gasteiger partial charge is 0.191 e. The Morgan fingerprint density at radius 2 is 2.04 bits per heavy atom. The summed E-state index contributed by atoms with van der Waals surface area (Å²) in [6.45, 7) is 11.7. The average molecular weight is 447 g/mol. The molecule has 0 aliphatic carbocycles. The zero-order valence-corrected chi connectivity index (χ0v) is 17.9. The van der Waals surface area contributed by atoms with Crippen LogP contribution in [0.1, 0.15) is 40.2 Å². The number of guanidine groups is 1. The molecule has 1 aromatic rings. The molecule has 0 saturated heterocycles. The second kappa shape index (κ2) is 8.27. The van der Waals surface area contributed by atoms with Gasteiger partial charge in [-0.25, -0.2) is 0 Å². The molecule has 0 radical (unpaired) electrons. The van der Waals surface area contributed by atoms with Crippen LogP contribution in [-0.4, -0.2) is 37.3 Å². The van der Waals surface area contributed by atoms with Gasteiger partial charge < -0.3 is 20.1 Å². The molecule has 0 bridgehead atoms. The van der Waals surface area contributed by atoms with E-state index in [1.54, 1.807) is 7.05 Å². The van der Waals surface area contributed by atoms with Crippen LogP contribution in [0.5, 0.6) is 11.5 Å². The van der Waals surface area contributed by atoms with Crippen LogP contribution in [0.2, 0.25) is 0 Å². The third-order valence-electron chi connectivity index (χ3n) is 3.42. The van der Waals surface area contributed by atoms with E-state index in [0.717, 1.165) is 23.9 Å². The molecule has 24 heavy (non-hydrogen) atoms. The van der Waals surface area contributed by atoms with Crippen LogP contribution in [-0.2, 0) is 6.42 Å². The van der Waals surface area contributed by atoms with Crippen LogP contribution in [0, 0.1) is 0 Å². The van der Waals surface area contributed by atoms with Crippen molar-refractivity contribution >= 4 is 29.9 Å². The summed E-state index contributed by atoms with van der Waals surface area (Å²) in [5.74, 6) is 2.47. The molecule has 0 fully saturated rings. The summed E-state index contributed by atoms with van der Waals surface area (Å²) < 4.78 is 11.9. The molecule has 2 N–H and O–H groups in total. The monoisotopic (exact) mass is 447 g/mol. The second-order valence-electron chi connectivity index (χ2n) is 7.51. The first-order chi connectivity index (χ1) is 10.7. The van der Waals surface area contributed by atoms with Crippen molar-refractivity contribution in [1.82, 2.24) is 10.6 Å². The number of hydrogen-bond acceptors (Lipinski definition) is 3. The van der Waals surface area contributed by atoms with Gasteiger partial charge in [0.15, 0.2) is 17.5 Å². The van der Waals surface area contributed by atoms with Crippen molar-refractivity contribution in [2.45, 2.75) is 52.2 Å². The van der Waals surface area contributed by atoms with Crippen LogP contribution in [0.4, 0.5) is 0 Å². The van der Waals surface area contributed by atoms with E-state index < -0.39 is 0 Å². The molecule has 0 unspecified atom stereocenters. The Labute approximate surface area is 162 Å². The molecule has 2 rings (SSSR count). The average Bonchev–Trinajstić information content (AvgIpc) is 2.75. The van der Waals surface area contributed by atoms with Gasteiger partial charge in [0, 0.05) is 24.6 Å². The van der Waals surface area contributed by atoms with E-state index >= 15 is 0 Å². The van der Waals surface area contributed by atoms with Gasteiger partial charge in [0.2, 0.25) is 0 Å². The van der Waals surface area contributed by atoms with Crippen molar-refractivity contribution in [2.75, 3.05) is 20.2 Å². The minimum atomic E-state index is -0.154. The number of nitrogens with one attached hydrogen (secondary N) is 2. The third kappa shape index (κ3) is 6.03.